The molecule has 0 atom stereocenters. The highest BCUT2D eigenvalue weighted by molar-refractivity contribution is 6.26. The fraction of sp³-hybridized carbons (Fsp3) is 0.0476. The van der Waals surface area contributed by atoms with Crippen LogP contribution in [-0.2, 0) is 0 Å². The normalized spacial score (nSPS) is 13.4. The lowest BCUT2D eigenvalue weighted by Crippen LogP contribution is -2.03. The highest BCUT2D eigenvalue weighted by Gasteiger charge is 2.25. The summed E-state index contributed by atoms with van der Waals surface area (Å²) in [6.07, 6.45) is 10.5. The Morgan fingerprint density at radius 2 is 1.17 bits per heavy atom. The Bertz CT molecular complexity index is 2510. The molecule has 2 aliphatic rings. The molecule has 220 valence electrons. The van der Waals surface area contributed by atoms with Crippen LogP contribution in [0.1, 0.15) is 18.7 Å². The van der Waals surface area contributed by atoms with Crippen molar-refractivity contribution in [3.63, 3.8) is 0 Å². The Kier molecular flexibility index (Phi) is 5.63. The molecule has 0 saturated heterocycles. The van der Waals surface area contributed by atoms with Gasteiger partial charge in [0.25, 0.3) is 0 Å². The molecule has 0 N–H and O–H groups in total. The summed E-state index contributed by atoms with van der Waals surface area (Å²) in [5.41, 5.74) is 11.0. The summed E-state index contributed by atoms with van der Waals surface area (Å²) in [5, 5.41) is 4.98. The minimum Gasteiger partial charge on any atom is -0.294 e. The second kappa shape index (κ2) is 10.2. The minimum atomic E-state index is 0.657. The Morgan fingerprint density at radius 3 is 1.89 bits per heavy atom. The first-order chi connectivity index (χ1) is 23.3. The molecule has 0 bridgehead atoms. The third-order valence-electron chi connectivity index (χ3n) is 9.47. The van der Waals surface area contributed by atoms with E-state index in [1.807, 2.05) is 36.5 Å². The van der Waals surface area contributed by atoms with Gasteiger partial charge >= 0.3 is 0 Å². The van der Waals surface area contributed by atoms with Gasteiger partial charge < -0.3 is 0 Å². The summed E-state index contributed by atoms with van der Waals surface area (Å²) >= 11 is 0. The summed E-state index contributed by atoms with van der Waals surface area (Å²) in [4.78, 5) is 19.8. The molecule has 0 aliphatic heterocycles. The third kappa shape index (κ3) is 3.96. The average molecular weight is 602 g/mol. The molecule has 47 heavy (non-hydrogen) atoms. The largest absolute Gasteiger partial charge is 0.294 e. The third-order valence-corrected chi connectivity index (χ3v) is 9.47. The summed E-state index contributed by atoms with van der Waals surface area (Å²) in [7, 11) is 0. The Labute approximate surface area is 271 Å². The monoisotopic (exact) mass is 601 g/mol. The van der Waals surface area contributed by atoms with Gasteiger partial charge in [-0.15, -0.1) is 0 Å². The molecule has 3 heterocycles. The second-order valence-electron chi connectivity index (χ2n) is 12.2. The number of nitrogens with zero attached hydrogens (tertiary/aromatic N) is 5. The highest BCUT2D eigenvalue weighted by Crippen LogP contribution is 2.48. The molecule has 3 aromatic heterocycles. The Morgan fingerprint density at radius 1 is 0.511 bits per heavy atom. The number of benzene rings is 5. The molecule has 2 aliphatic carbocycles. The molecule has 0 radical (unpaired) electrons. The maximum atomic E-state index is 5.01. The van der Waals surface area contributed by atoms with Gasteiger partial charge in [-0.2, -0.15) is 0 Å². The predicted molar refractivity (Wildman–Crippen MR) is 191 cm³/mol. The van der Waals surface area contributed by atoms with Crippen LogP contribution >= 0.6 is 0 Å². The van der Waals surface area contributed by atoms with Crippen LogP contribution < -0.4 is 0 Å². The van der Waals surface area contributed by atoms with Crippen LogP contribution in [0.4, 0.5) is 0 Å². The number of fused-ring (bicyclic) bond motifs is 2. The molecular formula is C42H27N5. The molecule has 0 spiro atoms. The maximum Gasteiger partial charge on any atom is 0.164 e. The SMILES string of the molecule is C1=CC(c2nc(-c3ccccc3)nc(-c3ccc(-n4c5cccc6c5c5c(ccnc54)-c4cccc5cccc-6c45)cc3)n2)=CCC1. The number of rotatable bonds is 4. The van der Waals surface area contributed by atoms with Gasteiger partial charge in [0.2, 0.25) is 0 Å². The molecule has 8 aromatic rings. The zero-order valence-electron chi connectivity index (χ0n) is 25.4. The highest BCUT2D eigenvalue weighted by atomic mass is 15.1. The molecule has 0 amide bonds. The molecule has 5 heteroatoms. The van der Waals surface area contributed by atoms with E-state index in [1.165, 1.54) is 43.8 Å². The molecule has 0 fully saturated rings. The van der Waals surface area contributed by atoms with Crippen LogP contribution in [0.25, 0.3) is 89.0 Å². The zero-order chi connectivity index (χ0) is 30.9. The van der Waals surface area contributed by atoms with Crippen LogP contribution in [0.5, 0.6) is 0 Å². The van der Waals surface area contributed by atoms with E-state index in [0.717, 1.165) is 46.4 Å². The number of hydrogen-bond donors (Lipinski definition) is 0. The standard InChI is InChI=1S/C42H27N5/c1-3-10-27(11-4-1)39-44-40(28-12-5-2-6-13-28)46-41(45-39)29-20-22-30(23-21-29)47-35-19-9-18-33-31-16-7-14-26-15-8-17-32(36(26)31)34-24-25-43-42(47)38(34)37(33)35/h1,3-5,7-25H,2,6H2. The molecule has 5 nitrogen and oxygen atoms in total. The van der Waals surface area contributed by atoms with Gasteiger partial charge in [-0.1, -0.05) is 97.1 Å². The molecule has 0 saturated carbocycles. The smallest absolute Gasteiger partial charge is 0.164 e. The van der Waals surface area contributed by atoms with Crippen LogP contribution in [-0.4, -0.2) is 24.5 Å². The van der Waals surface area contributed by atoms with Gasteiger partial charge in [0, 0.05) is 39.4 Å². The van der Waals surface area contributed by atoms with Crippen molar-refractivity contribution >= 4 is 38.3 Å². The van der Waals surface area contributed by atoms with Crippen molar-refractivity contribution in [3.05, 3.63) is 146 Å². The fourth-order valence-corrected chi connectivity index (χ4v) is 7.36. The maximum absolute atomic E-state index is 5.01. The van der Waals surface area contributed by atoms with Crippen LogP contribution in [0.15, 0.2) is 140 Å². The Hall–Kier alpha value is -6.20. The van der Waals surface area contributed by atoms with Crippen molar-refractivity contribution in [2.24, 2.45) is 0 Å². The minimum absolute atomic E-state index is 0.657. The van der Waals surface area contributed by atoms with E-state index in [-0.39, 0.29) is 0 Å². The number of hydrogen-bond acceptors (Lipinski definition) is 4. The lowest BCUT2D eigenvalue weighted by Gasteiger charge is -2.13. The zero-order valence-corrected chi connectivity index (χ0v) is 25.4. The van der Waals surface area contributed by atoms with E-state index < -0.39 is 0 Å². The lowest BCUT2D eigenvalue weighted by atomic mass is 9.94. The first-order valence-corrected chi connectivity index (χ1v) is 16.1. The molecule has 10 rings (SSSR count). The van der Waals surface area contributed by atoms with Crippen LogP contribution in [0.2, 0.25) is 0 Å². The quantitative estimate of drug-likeness (QED) is 0.201. The molecule has 5 aromatic carbocycles. The second-order valence-corrected chi connectivity index (χ2v) is 12.2. The number of pyridine rings is 1. The van der Waals surface area contributed by atoms with E-state index in [0.29, 0.717) is 17.5 Å². The van der Waals surface area contributed by atoms with Gasteiger partial charge in [-0.25, -0.2) is 19.9 Å². The van der Waals surface area contributed by atoms with E-state index in [4.69, 9.17) is 19.9 Å². The van der Waals surface area contributed by atoms with Gasteiger partial charge in [0.15, 0.2) is 17.5 Å². The topological polar surface area (TPSA) is 56.5 Å². The van der Waals surface area contributed by atoms with Gasteiger partial charge in [0.1, 0.15) is 5.65 Å². The van der Waals surface area contributed by atoms with Crippen molar-refractivity contribution < 1.29 is 0 Å². The number of allylic oxidation sites excluding steroid dienone is 4. The first-order valence-electron chi connectivity index (χ1n) is 16.1. The van der Waals surface area contributed by atoms with E-state index in [2.05, 4.69) is 108 Å². The Balaban J connectivity index is 1.16. The van der Waals surface area contributed by atoms with E-state index >= 15 is 0 Å². The number of aromatic nitrogens is 5. The molecular weight excluding hydrogens is 574 g/mol. The van der Waals surface area contributed by atoms with Crippen LogP contribution in [0.3, 0.4) is 0 Å². The summed E-state index contributed by atoms with van der Waals surface area (Å²) in [5.74, 6) is 2.03. The summed E-state index contributed by atoms with van der Waals surface area (Å²) < 4.78 is 2.29. The van der Waals surface area contributed by atoms with Gasteiger partial charge in [0.05, 0.1) is 5.52 Å². The van der Waals surface area contributed by atoms with Crippen molar-refractivity contribution in [1.82, 2.24) is 24.5 Å². The van der Waals surface area contributed by atoms with Crippen molar-refractivity contribution in [3.8, 4) is 50.7 Å². The van der Waals surface area contributed by atoms with Gasteiger partial charge in [-0.3, -0.25) is 4.57 Å². The van der Waals surface area contributed by atoms with Crippen molar-refractivity contribution in [2.45, 2.75) is 12.8 Å². The lowest BCUT2D eigenvalue weighted by molar-refractivity contribution is 1.01. The predicted octanol–water partition coefficient (Wildman–Crippen LogP) is 10.2. The van der Waals surface area contributed by atoms with Crippen LogP contribution in [0, 0.1) is 0 Å². The fourth-order valence-electron chi connectivity index (χ4n) is 7.36. The van der Waals surface area contributed by atoms with Gasteiger partial charge in [-0.05, 0) is 82.3 Å². The van der Waals surface area contributed by atoms with Crippen molar-refractivity contribution in [2.75, 3.05) is 0 Å². The summed E-state index contributed by atoms with van der Waals surface area (Å²) in [6, 6.07) is 40.7. The van der Waals surface area contributed by atoms with E-state index in [9.17, 15) is 0 Å². The summed E-state index contributed by atoms with van der Waals surface area (Å²) in [6.45, 7) is 0. The average Bonchev–Trinajstić information content (AvgIpc) is 3.43. The first kappa shape index (κ1) is 26.1. The molecule has 0 unspecified atom stereocenters. The van der Waals surface area contributed by atoms with Crippen molar-refractivity contribution in [1.29, 1.82) is 0 Å². The van der Waals surface area contributed by atoms with E-state index in [1.54, 1.807) is 0 Å².